The van der Waals surface area contributed by atoms with Crippen LogP contribution in [0.25, 0.3) is 11.1 Å². The van der Waals surface area contributed by atoms with Crippen molar-refractivity contribution < 1.29 is 18.3 Å². The van der Waals surface area contributed by atoms with Gasteiger partial charge in [0.2, 0.25) is 0 Å². The smallest absolute Gasteiger partial charge is 0.323 e. The number of urea groups is 1. The lowest BCUT2D eigenvalue weighted by Crippen LogP contribution is -2.20. The molecule has 7 nitrogen and oxygen atoms in total. The third-order valence-corrected chi connectivity index (χ3v) is 6.62. The molecule has 1 heterocycles. The zero-order valence-electron chi connectivity index (χ0n) is 16.6. The number of phenols is 1. The number of benzene rings is 3. The molecule has 0 aliphatic carbocycles. The summed E-state index contributed by atoms with van der Waals surface area (Å²) in [5, 5.41) is 19.0. The van der Waals surface area contributed by atoms with E-state index in [1.54, 1.807) is 54.6 Å². The number of sulfonamides is 1. The van der Waals surface area contributed by atoms with Crippen molar-refractivity contribution in [2.45, 2.75) is 4.90 Å². The standard InChI is InChI=1S/C23H19N3O4S2/c27-22-9-5-4-8-20(22)24-23(28)25-21-14-18(10-11-19(21)16-12-13-31-15-16)32(29,30)26-17-6-2-1-3-7-17/h1-15,26-27H,(H2,24,25,28). The quantitative estimate of drug-likeness (QED) is 0.279. The Kier molecular flexibility index (Phi) is 6.11. The van der Waals surface area contributed by atoms with Crippen LogP contribution in [0.4, 0.5) is 21.9 Å². The van der Waals surface area contributed by atoms with Crippen LogP contribution in [0.5, 0.6) is 5.75 Å². The first-order valence-electron chi connectivity index (χ1n) is 9.53. The molecule has 0 aliphatic heterocycles. The molecule has 0 spiro atoms. The highest BCUT2D eigenvalue weighted by Gasteiger charge is 2.18. The molecule has 2 amide bonds. The maximum Gasteiger partial charge on any atom is 0.323 e. The SMILES string of the molecule is O=C(Nc1ccccc1O)Nc1cc(S(=O)(=O)Nc2ccccc2)ccc1-c1ccsc1. The molecule has 32 heavy (non-hydrogen) atoms. The van der Waals surface area contributed by atoms with Gasteiger partial charge in [0, 0.05) is 11.3 Å². The first-order chi connectivity index (χ1) is 15.4. The molecule has 0 fully saturated rings. The molecule has 9 heteroatoms. The topological polar surface area (TPSA) is 108 Å². The van der Waals surface area contributed by atoms with Crippen LogP contribution in [-0.4, -0.2) is 19.6 Å². The normalized spacial score (nSPS) is 11.0. The number of thiophene rings is 1. The number of hydrogen-bond acceptors (Lipinski definition) is 5. The molecule has 3 aromatic carbocycles. The average molecular weight is 466 g/mol. The van der Waals surface area contributed by atoms with E-state index in [4.69, 9.17) is 0 Å². The van der Waals surface area contributed by atoms with Gasteiger partial charge in [0.15, 0.2) is 0 Å². The number of rotatable bonds is 6. The Hall–Kier alpha value is -3.82. The summed E-state index contributed by atoms with van der Waals surface area (Å²) < 4.78 is 28.3. The van der Waals surface area contributed by atoms with Gasteiger partial charge in [-0.15, -0.1) is 0 Å². The number of carbonyl (C=O) groups excluding carboxylic acids is 1. The van der Waals surface area contributed by atoms with Gasteiger partial charge >= 0.3 is 6.03 Å². The number of carbonyl (C=O) groups is 1. The number of nitrogens with one attached hydrogen (secondary N) is 3. The Bertz CT molecular complexity index is 1340. The van der Waals surface area contributed by atoms with Gasteiger partial charge < -0.3 is 15.7 Å². The Morgan fingerprint density at radius 3 is 2.28 bits per heavy atom. The molecule has 4 aromatic rings. The molecule has 0 unspecified atom stereocenters. The van der Waals surface area contributed by atoms with Crippen molar-refractivity contribution in [1.82, 2.24) is 0 Å². The zero-order valence-corrected chi connectivity index (χ0v) is 18.3. The number of hydrogen-bond donors (Lipinski definition) is 4. The van der Waals surface area contributed by atoms with Crippen molar-refractivity contribution in [2.75, 3.05) is 15.4 Å². The van der Waals surface area contributed by atoms with Crippen LogP contribution in [0.1, 0.15) is 0 Å². The predicted molar refractivity (Wildman–Crippen MR) is 128 cm³/mol. The van der Waals surface area contributed by atoms with Gasteiger partial charge in [0.1, 0.15) is 5.75 Å². The minimum Gasteiger partial charge on any atom is -0.506 e. The van der Waals surface area contributed by atoms with Gasteiger partial charge in [0.05, 0.1) is 16.3 Å². The third-order valence-electron chi connectivity index (χ3n) is 4.56. The van der Waals surface area contributed by atoms with E-state index in [1.165, 1.54) is 29.5 Å². The Morgan fingerprint density at radius 2 is 1.56 bits per heavy atom. The molecule has 0 aliphatic rings. The molecular weight excluding hydrogens is 446 g/mol. The van der Waals surface area contributed by atoms with Crippen LogP contribution in [0.2, 0.25) is 0 Å². The summed E-state index contributed by atoms with van der Waals surface area (Å²) in [5.41, 5.74) is 2.48. The predicted octanol–water partition coefficient (Wildman–Crippen LogP) is 5.57. The van der Waals surface area contributed by atoms with E-state index in [2.05, 4.69) is 15.4 Å². The maximum atomic E-state index is 12.9. The highest BCUT2D eigenvalue weighted by atomic mass is 32.2. The molecule has 4 N–H and O–H groups in total. The largest absolute Gasteiger partial charge is 0.506 e. The molecule has 0 saturated heterocycles. The van der Waals surface area contributed by atoms with Crippen molar-refractivity contribution in [2.24, 2.45) is 0 Å². The van der Waals surface area contributed by atoms with E-state index in [1.807, 2.05) is 16.8 Å². The highest BCUT2D eigenvalue weighted by molar-refractivity contribution is 7.92. The summed E-state index contributed by atoms with van der Waals surface area (Å²) in [6.07, 6.45) is 0. The molecule has 0 saturated carbocycles. The molecule has 1 aromatic heterocycles. The lowest BCUT2D eigenvalue weighted by Gasteiger charge is -2.15. The number of amides is 2. The van der Waals surface area contributed by atoms with E-state index in [-0.39, 0.29) is 16.3 Å². The Balaban J connectivity index is 1.66. The molecule has 0 atom stereocenters. The highest BCUT2D eigenvalue weighted by Crippen LogP contribution is 2.33. The summed E-state index contributed by atoms with van der Waals surface area (Å²) in [6.45, 7) is 0. The minimum absolute atomic E-state index is 0.00168. The summed E-state index contributed by atoms with van der Waals surface area (Å²) in [5.74, 6) is -0.0795. The lowest BCUT2D eigenvalue weighted by atomic mass is 10.1. The molecule has 0 radical (unpaired) electrons. The maximum absolute atomic E-state index is 12.9. The van der Waals surface area contributed by atoms with Crippen LogP contribution in [0, 0.1) is 0 Å². The number of para-hydroxylation sites is 3. The van der Waals surface area contributed by atoms with E-state index >= 15 is 0 Å². The van der Waals surface area contributed by atoms with Gasteiger partial charge in [-0.2, -0.15) is 11.3 Å². The number of phenolic OH excluding ortho intramolecular Hbond substituents is 1. The van der Waals surface area contributed by atoms with E-state index < -0.39 is 16.1 Å². The number of anilines is 3. The Morgan fingerprint density at radius 1 is 0.844 bits per heavy atom. The van der Waals surface area contributed by atoms with Crippen molar-refractivity contribution in [3.05, 3.63) is 89.6 Å². The second kappa shape index (κ2) is 9.13. The van der Waals surface area contributed by atoms with Crippen LogP contribution >= 0.6 is 11.3 Å². The first-order valence-corrected chi connectivity index (χ1v) is 12.0. The van der Waals surface area contributed by atoms with Crippen LogP contribution < -0.4 is 15.4 Å². The molecule has 0 bridgehead atoms. The lowest BCUT2D eigenvalue weighted by molar-refractivity contribution is 0.262. The second-order valence-electron chi connectivity index (χ2n) is 6.79. The molecule has 4 rings (SSSR count). The fourth-order valence-corrected chi connectivity index (χ4v) is 4.78. The summed E-state index contributed by atoms with van der Waals surface area (Å²) >= 11 is 1.49. The van der Waals surface area contributed by atoms with Crippen LogP contribution in [-0.2, 0) is 10.0 Å². The summed E-state index contributed by atoms with van der Waals surface area (Å²) in [4.78, 5) is 12.6. The van der Waals surface area contributed by atoms with Gasteiger partial charge in [-0.05, 0) is 58.8 Å². The van der Waals surface area contributed by atoms with E-state index in [0.717, 1.165) is 5.56 Å². The summed E-state index contributed by atoms with van der Waals surface area (Å²) in [7, 11) is -3.88. The van der Waals surface area contributed by atoms with Crippen molar-refractivity contribution in [1.29, 1.82) is 0 Å². The second-order valence-corrected chi connectivity index (χ2v) is 9.25. The third kappa shape index (κ3) is 4.90. The van der Waals surface area contributed by atoms with Crippen LogP contribution in [0.15, 0.2) is 94.5 Å². The Labute approximate surface area is 189 Å². The van der Waals surface area contributed by atoms with Crippen LogP contribution in [0.3, 0.4) is 0 Å². The van der Waals surface area contributed by atoms with Crippen molar-refractivity contribution in [3.8, 4) is 16.9 Å². The van der Waals surface area contributed by atoms with Gasteiger partial charge in [-0.1, -0.05) is 36.4 Å². The average Bonchev–Trinajstić information content (AvgIpc) is 3.30. The van der Waals surface area contributed by atoms with Gasteiger partial charge in [-0.3, -0.25) is 4.72 Å². The van der Waals surface area contributed by atoms with Crippen molar-refractivity contribution in [3.63, 3.8) is 0 Å². The summed E-state index contributed by atoms with van der Waals surface area (Å²) in [6, 6.07) is 20.7. The van der Waals surface area contributed by atoms with Gasteiger partial charge in [-0.25, -0.2) is 13.2 Å². The van der Waals surface area contributed by atoms with Gasteiger partial charge in [0.25, 0.3) is 10.0 Å². The van der Waals surface area contributed by atoms with E-state index in [0.29, 0.717) is 16.9 Å². The van der Waals surface area contributed by atoms with Crippen molar-refractivity contribution >= 4 is 44.5 Å². The fourth-order valence-electron chi connectivity index (χ4n) is 3.04. The first kappa shape index (κ1) is 21.4. The zero-order chi connectivity index (χ0) is 22.6. The monoisotopic (exact) mass is 465 g/mol. The molecule has 162 valence electrons. The fraction of sp³-hybridized carbons (Fsp3) is 0. The minimum atomic E-state index is -3.88. The molecular formula is C23H19N3O4S2. The van der Waals surface area contributed by atoms with E-state index in [9.17, 15) is 18.3 Å². The number of aromatic hydroxyl groups is 1.